The molecule has 0 radical (unpaired) electrons. The van der Waals surface area contributed by atoms with Crippen LogP contribution in [0, 0.1) is 0 Å². The van der Waals surface area contributed by atoms with E-state index in [4.69, 9.17) is 16.3 Å². The zero-order valence-electron chi connectivity index (χ0n) is 13.5. The molecule has 0 saturated carbocycles. The van der Waals surface area contributed by atoms with Crippen molar-refractivity contribution < 1.29 is 19.4 Å². The molecule has 1 aliphatic rings. The highest BCUT2D eigenvalue weighted by Gasteiger charge is 2.41. The number of cyclic esters (lactones) is 1. The molecule has 5 nitrogen and oxygen atoms in total. The van der Waals surface area contributed by atoms with Crippen LogP contribution in [0.25, 0.3) is 0 Å². The molecule has 0 spiro atoms. The summed E-state index contributed by atoms with van der Waals surface area (Å²) in [6, 6.07) is 16.0. The summed E-state index contributed by atoms with van der Waals surface area (Å²) in [7, 11) is 0. The van der Waals surface area contributed by atoms with Gasteiger partial charge in [-0.1, -0.05) is 60.1 Å². The maximum absolute atomic E-state index is 12.9. The molecule has 1 saturated heterocycles. The van der Waals surface area contributed by atoms with Crippen LogP contribution in [0.5, 0.6) is 0 Å². The van der Waals surface area contributed by atoms with Gasteiger partial charge >= 0.3 is 6.09 Å². The highest BCUT2D eigenvalue weighted by molar-refractivity contribution is 6.31. The minimum atomic E-state index is -0.905. The first-order valence-electron chi connectivity index (χ1n) is 8.01. The van der Waals surface area contributed by atoms with Crippen molar-refractivity contribution in [2.75, 3.05) is 13.2 Å². The van der Waals surface area contributed by atoms with Gasteiger partial charge in [0, 0.05) is 5.02 Å². The van der Waals surface area contributed by atoms with Crippen molar-refractivity contribution in [1.82, 2.24) is 4.90 Å². The Labute approximate surface area is 150 Å². The Morgan fingerprint density at radius 1 is 1.20 bits per heavy atom. The first kappa shape index (κ1) is 17.5. The second kappa shape index (κ2) is 7.68. The lowest BCUT2D eigenvalue weighted by Gasteiger charge is -2.24. The zero-order valence-corrected chi connectivity index (χ0v) is 14.2. The number of carbonyl (C=O) groups is 2. The first-order valence-corrected chi connectivity index (χ1v) is 8.38. The van der Waals surface area contributed by atoms with Gasteiger partial charge in [0.2, 0.25) is 5.91 Å². The van der Waals surface area contributed by atoms with Crippen LogP contribution in [0.15, 0.2) is 54.6 Å². The van der Waals surface area contributed by atoms with E-state index in [-0.39, 0.29) is 6.61 Å². The number of carbonyl (C=O) groups excluding carboxylic acids is 2. The van der Waals surface area contributed by atoms with E-state index in [2.05, 4.69) is 0 Å². The van der Waals surface area contributed by atoms with Crippen LogP contribution in [-0.4, -0.2) is 41.3 Å². The van der Waals surface area contributed by atoms with Crippen molar-refractivity contribution in [1.29, 1.82) is 0 Å². The van der Waals surface area contributed by atoms with Crippen molar-refractivity contribution in [2.24, 2.45) is 0 Å². The fourth-order valence-electron chi connectivity index (χ4n) is 3.00. The predicted molar refractivity (Wildman–Crippen MR) is 93.4 cm³/mol. The standard InChI is InChI=1S/C19H18ClNO4/c20-17-9-5-4-8-15(17)16(11-22)18(23)21-14(12-25-19(21)24)10-13-6-2-1-3-7-13/h1-9,14,16,22H,10-12H2/t14-,16?/m1/s1. The van der Waals surface area contributed by atoms with E-state index in [9.17, 15) is 14.7 Å². The van der Waals surface area contributed by atoms with E-state index in [0.717, 1.165) is 10.5 Å². The lowest BCUT2D eigenvalue weighted by molar-refractivity contribution is -0.131. The van der Waals surface area contributed by atoms with Crippen molar-refractivity contribution in [2.45, 2.75) is 18.4 Å². The van der Waals surface area contributed by atoms with E-state index < -0.39 is 30.6 Å². The number of hydrogen-bond acceptors (Lipinski definition) is 4. The smallest absolute Gasteiger partial charge is 0.417 e. The predicted octanol–water partition coefficient (Wildman–Crippen LogP) is 3.01. The molecule has 2 amide bonds. The third-order valence-electron chi connectivity index (χ3n) is 4.27. The molecule has 1 fully saturated rings. The second-order valence-electron chi connectivity index (χ2n) is 5.89. The van der Waals surface area contributed by atoms with Gasteiger partial charge in [-0.25, -0.2) is 9.69 Å². The van der Waals surface area contributed by atoms with E-state index in [0.29, 0.717) is 17.0 Å². The van der Waals surface area contributed by atoms with Crippen LogP contribution in [0.1, 0.15) is 17.0 Å². The van der Waals surface area contributed by atoms with Gasteiger partial charge in [-0.05, 0) is 23.6 Å². The van der Waals surface area contributed by atoms with Crippen LogP contribution >= 0.6 is 11.6 Å². The Balaban J connectivity index is 1.85. The highest BCUT2D eigenvalue weighted by Crippen LogP contribution is 2.29. The third-order valence-corrected chi connectivity index (χ3v) is 4.62. The number of amides is 2. The first-order chi connectivity index (χ1) is 12.1. The topological polar surface area (TPSA) is 66.8 Å². The van der Waals surface area contributed by atoms with Gasteiger partial charge < -0.3 is 9.84 Å². The lowest BCUT2D eigenvalue weighted by Crippen LogP contribution is -2.43. The van der Waals surface area contributed by atoms with Crippen LogP contribution in [0.4, 0.5) is 4.79 Å². The molecule has 1 aliphatic heterocycles. The van der Waals surface area contributed by atoms with Crippen LogP contribution < -0.4 is 0 Å². The molecule has 0 aliphatic carbocycles. The lowest BCUT2D eigenvalue weighted by atomic mass is 9.97. The van der Waals surface area contributed by atoms with E-state index in [1.165, 1.54) is 0 Å². The Morgan fingerprint density at radius 3 is 2.56 bits per heavy atom. The summed E-state index contributed by atoms with van der Waals surface area (Å²) in [6.07, 6.45) is -0.185. The minimum absolute atomic E-state index is 0.139. The van der Waals surface area contributed by atoms with Gasteiger partial charge in [-0.2, -0.15) is 0 Å². The quantitative estimate of drug-likeness (QED) is 0.891. The summed E-state index contributed by atoms with van der Waals surface area (Å²) in [5.74, 6) is -1.41. The van der Waals surface area contributed by atoms with Crippen molar-refractivity contribution >= 4 is 23.6 Å². The molecular weight excluding hydrogens is 342 g/mol. The highest BCUT2D eigenvalue weighted by atomic mass is 35.5. The fourth-order valence-corrected chi connectivity index (χ4v) is 3.27. The van der Waals surface area contributed by atoms with Crippen molar-refractivity contribution in [3.8, 4) is 0 Å². The number of rotatable bonds is 5. The third kappa shape index (κ3) is 3.67. The molecule has 3 rings (SSSR count). The summed E-state index contributed by atoms with van der Waals surface area (Å²) in [5, 5.41) is 10.1. The number of hydrogen-bond donors (Lipinski definition) is 1. The fraction of sp³-hybridized carbons (Fsp3) is 0.263. The van der Waals surface area contributed by atoms with Crippen molar-refractivity contribution in [3.05, 3.63) is 70.7 Å². The van der Waals surface area contributed by atoms with E-state index >= 15 is 0 Å². The number of halogens is 1. The molecule has 130 valence electrons. The molecule has 0 bridgehead atoms. The minimum Gasteiger partial charge on any atom is -0.447 e. The molecule has 1 N–H and O–H groups in total. The SMILES string of the molecule is O=C1OC[C@@H](Cc2ccccc2)N1C(=O)C(CO)c1ccccc1Cl. The largest absolute Gasteiger partial charge is 0.447 e. The number of benzene rings is 2. The summed E-state index contributed by atoms with van der Waals surface area (Å²) in [4.78, 5) is 26.2. The van der Waals surface area contributed by atoms with Crippen LogP contribution in [0.3, 0.4) is 0 Å². The van der Waals surface area contributed by atoms with Gasteiger partial charge in [0.1, 0.15) is 6.61 Å². The molecule has 2 atom stereocenters. The number of aliphatic hydroxyl groups excluding tert-OH is 1. The Morgan fingerprint density at radius 2 is 1.88 bits per heavy atom. The van der Waals surface area contributed by atoms with Crippen molar-refractivity contribution in [3.63, 3.8) is 0 Å². The second-order valence-corrected chi connectivity index (χ2v) is 6.29. The van der Waals surface area contributed by atoms with E-state index in [1.807, 2.05) is 30.3 Å². The molecule has 2 aromatic rings. The molecule has 2 aromatic carbocycles. The molecule has 25 heavy (non-hydrogen) atoms. The normalized spacial score (nSPS) is 18.1. The van der Waals surface area contributed by atoms with Gasteiger partial charge in [0.25, 0.3) is 0 Å². The maximum Gasteiger partial charge on any atom is 0.417 e. The molecular formula is C19H18ClNO4. The van der Waals surface area contributed by atoms with Gasteiger partial charge in [0.15, 0.2) is 0 Å². The molecule has 0 aromatic heterocycles. The monoisotopic (exact) mass is 359 g/mol. The molecule has 6 heteroatoms. The zero-order chi connectivity index (χ0) is 17.8. The van der Waals surface area contributed by atoms with Gasteiger partial charge in [-0.15, -0.1) is 0 Å². The van der Waals surface area contributed by atoms with Crippen LogP contribution in [-0.2, 0) is 16.0 Å². The summed E-state index contributed by atoms with van der Waals surface area (Å²) in [5.41, 5.74) is 1.50. The van der Waals surface area contributed by atoms with Gasteiger partial charge in [-0.3, -0.25) is 4.79 Å². The van der Waals surface area contributed by atoms with E-state index in [1.54, 1.807) is 24.3 Å². The Bertz CT molecular complexity index is 765. The average molecular weight is 360 g/mol. The number of imide groups is 1. The summed E-state index contributed by atoms with van der Waals surface area (Å²) >= 11 is 6.15. The van der Waals surface area contributed by atoms with Gasteiger partial charge in [0.05, 0.1) is 18.6 Å². The molecule has 1 heterocycles. The number of nitrogens with zero attached hydrogens (tertiary/aromatic N) is 1. The number of ether oxygens (including phenoxy) is 1. The summed E-state index contributed by atoms with van der Waals surface area (Å²) < 4.78 is 5.08. The Hall–Kier alpha value is -2.37. The maximum atomic E-state index is 12.9. The average Bonchev–Trinajstić information content (AvgIpc) is 2.98. The number of aliphatic hydroxyl groups is 1. The Kier molecular flexibility index (Phi) is 5.36. The van der Waals surface area contributed by atoms with Crippen LogP contribution in [0.2, 0.25) is 5.02 Å². The molecule has 1 unspecified atom stereocenters. The summed E-state index contributed by atoms with van der Waals surface area (Å²) in [6.45, 7) is -0.301.